The average molecular weight is 780 g/mol. The molecule has 4 heterocycles. The zero-order valence-electron chi connectivity index (χ0n) is 31.2. The van der Waals surface area contributed by atoms with E-state index in [1.807, 2.05) is 37.8 Å². The summed E-state index contributed by atoms with van der Waals surface area (Å²) in [5.41, 5.74) is -2.33. The first-order valence-corrected chi connectivity index (χ1v) is 19.1. The first-order valence-electron chi connectivity index (χ1n) is 17.9. The summed E-state index contributed by atoms with van der Waals surface area (Å²) in [5.74, 6) is 1.35. The maximum Gasteiger partial charge on any atom is 0.410 e. The molecular formula is C37H49ClF3N7O4S. The minimum absolute atomic E-state index is 0.0533. The smallest absolute Gasteiger partial charge is 0.410 e. The van der Waals surface area contributed by atoms with Gasteiger partial charge in [0.1, 0.15) is 21.6 Å². The molecule has 5 rings (SSSR count). The normalized spacial score (nSPS) is 18.5. The number of aromatic nitrogens is 4. The van der Waals surface area contributed by atoms with Crippen LogP contribution in [0.15, 0.2) is 47.6 Å². The highest BCUT2D eigenvalue weighted by molar-refractivity contribution is 7.97. The van der Waals surface area contributed by atoms with Gasteiger partial charge in [-0.1, -0.05) is 31.5 Å². The van der Waals surface area contributed by atoms with Crippen LogP contribution in [0.25, 0.3) is 5.82 Å². The van der Waals surface area contributed by atoms with Crippen LogP contribution >= 0.6 is 23.5 Å². The largest absolute Gasteiger partial charge is 0.477 e. The molecule has 0 bridgehead atoms. The number of nitrogens with one attached hydrogen (secondary N) is 2. The number of halogens is 4. The van der Waals surface area contributed by atoms with Crippen LogP contribution in [0.5, 0.6) is 5.88 Å². The molecule has 3 aromatic rings. The summed E-state index contributed by atoms with van der Waals surface area (Å²) in [6.07, 6.45) is -0.0969. The third-order valence-corrected chi connectivity index (χ3v) is 10.7. The molecule has 1 aliphatic carbocycles. The van der Waals surface area contributed by atoms with Crippen molar-refractivity contribution in [3.63, 3.8) is 0 Å². The first-order chi connectivity index (χ1) is 24.7. The molecule has 53 heavy (non-hydrogen) atoms. The molecular weight excluding hydrogens is 731 g/mol. The van der Waals surface area contributed by atoms with E-state index in [4.69, 9.17) is 26.1 Å². The summed E-state index contributed by atoms with van der Waals surface area (Å²) in [4.78, 5) is 36.8. The van der Waals surface area contributed by atoms with E-state index < -0.39 is 23.1 Å². The molecule has 2 aliphatic rings. The summed E-state index contributed by atoms with van der Waals surface area (Å²) in [7, 11) is 0. The Morgan fingerprint density at radius 2 is 1.83 bits per heavy atom. The predicted molar refractivity (Wildman–Crippen MR) is 198 cm³/mol. The Balaban J connectivity index is 1.11. The first kappa shape index (κ1) is 40.5. The van der Waals surface area contributed by atoms with Gasteiger partial charge in [-0.2, -0.15) is 13.2 Å². The second kappa shape index (κ2) is 15.9. The predicted octanol–water partition coefficient (Wildman–Crippen LogP) is 9.12. The van der Waals surface area contributed by atoms with E-state index in [1.165, 1.54) is 16.8 Å². The van der Waals surface area contributed by atoms with Gasteiger partial charge in [0, 0.05) is 42.3 Å². The molecule has 1 saturated carbocycles. The molecule has 2 N–H and O–H groups in total. The second-order valence-corrected chi connectivity index (χ2v) is 17.1. The minimum atomic E-state index is -4.23. The minimum Gasteiger partial charge on any atom is -0.477 e. The van der Waals surface area contributed by atoms with Gasteiger partial charge in [-0.05, 0) is 109 Å². The number of alkyl halides is 3. The molecule has 0 radical (unpaired) electrons. The lowest BCUT2D eigenvalue weighted by atomic mass is 9.89. The van der Waals surface area contributed by atoms with Gasteiger partial charge in [-0.15, -0.1) is 5.10 Å². The number of pyridine rings is 2. The molecule has 11 nitrogen and oxygen atoms in total. The Hall–Kier alpha value is -3.72. The summed E-state index contributed by atoms with van der Waals surface area (Å²) in [6, 6.07) is 10.3. The Morgan fingerprint density at radius 1 is 1.09 bits per heavy atom. The lowest BCUT2D eigenvalue weighted by molar-refractivity contribution is -0.190. The Morgan fingerprint density at radius 3 is 2.47 bits per heavy atom. The molecule has 1 aliphatic heterocycles. The number of rotatable bonds is 14. The molecule has 0 aromatic carbocycles. The fourth-order valence-electron chi connectivity index (χ4n) is 6.51. The van der Waals surface area contributed by atoms with Crippen LogP contribution in [0.4, 0.5) is 23.8 Å². The highest BCUT2D eigenvalue weighted by atomic mass is 35.5. The number of hydrogen-bond donors (Lipinski definition) is 2. The van der Waals surface area contributed by atoms with Crippen molar-refractivity contribution in [1.29, 1.82) is 0 Å². The molecule has 2 atom stereocenters. The third kappa shape index (κ3) is 10.5. The third-order valence-electron chi connectivity index (χ3n) is 9.73. The van der Waals surface area contributed by atoms with Crippen LogP contribution in [-0.2, 0) is 4.74 Å². The molecule has 290 valence electrons. The van der Waals surface area contributed by atoms with Crippen molar-refractivity contribution in [1.82, 2.24) is 29.4 Å². The lowest BCUT2D eigenvalue weighted by Gasteiger charge is -2.33. The number of amides is 2. The number of carbonyl (C=O) groups is 2. The monoisotopic (exact) mass is 779 g/mol. The van der Waals surface area contributed by atoms with Crippen molar-refractivity contribution in [3.8, 4) is 11.7 Å². The molecule has 16 heteroatoms. The van der Waals surface area contributed by atoms with E-state index in [2.05, 4.69) is 47.8 Å². The highest BCUT2D eigenvalue weighted by Crippen LogP contribution is 2.59. The van der Waals surface area contributed by atoms with Crippen LogP contribution in [0.3, 0.4) is 0 Å². The number of nitrogens with zero attached hydrogens (tertiary/aromatic N) is 5. The van der Waals surface area contributed by atoms with Gasteiger partial charge in [0.25, 0.3) is 5.91 Å². The molecule has 0 spiro atoms. The maximum absolute atomic E-state index is 13.2. The van der Waals surface area contributed by atoms with Gasteiger partial charge in [-0.25, -0.2) is 19.4 Å². The van der Waals surface area contributed by atoms with Crippen molar-refractivity contribution in [2.24, 2.45) is 17.3 Å². The van der Waals surface area contributed by atoms with Gasteiger partial charge >= 0.3 is 12.3 Å². The van der Waals surface area contributed by atoms with E-state index >= 15 is 0 Å². The van der Waals surface area contributed by atoms with E-state index in [1.54, 1.807) is 18.3 Å². The highest BCUT2D eigenvalue weighted by Gasteiger charge is 2.62. The quantitative estimate of drug-likeness (QED) is 0.122. The van der Waals surface area contributed by atoms with Crippen LogP contribution < -0.4 is 14.8 Å². The van der Waals surface area contributed by atoms with Gasteiger partial charge in [0.15, 0.2) is 5.82 Å². The van der Waals surface area contributed by atoms with Crippen LogP contribution in [0, 0.1) is 17.3 Å². The Bertz CT molecular complexity index is 1760. The number of likely N-dealkylation sites (tertiary alicyclic amines) is 1. The molecule has 1 saturated heterocycles. The summed E-state index contributed by atoms with van der Waals surface area (Å²) in [5, 5.41) is 8.32. The van der Waals surface area contributed by atoms with Crippen molar-refractivity contribution in [3.05, 3.63) is 53.3 Å². The Kier molecular flexibility index (Phi) is 12.2. The molecule has 2 fully saturated rings. The lowest BCUT2D eigenvalue weighted by Crippen LogP contribution is -2.45. The van der Waals surface area contributed by atoms with Crippen molar-refractivity contribution < 1.29 is 32.2 Å². The maximum atomic E-state index is 13.2. The number of anilines is 1. The fourth-order valence-corrected chi connectivity index (χ4v) is 7.35. The number of ether oxygens (including phenoxy) is 2. The van der Waals surface area contributed by atoms with Gasteiger partial charge in [0.2, 0.25) is 5.88 Å². The zero-order valence-corrected chi connectivity index (χ0v) is 32.8. The van der Waals surface area contributed by atoms with Gasteiger partial charge in [-0.3, -0.25) is 9.52 Å². The molecule has 3 aromatic heterocycles. The second-order valence-electron chi connectivity index (χ2n) is 15.9. The van der Waals surface area contributed by atoms with E-state index in [0.717, 1.165) is 31.2 Å². The van der Waals surface area contributed by atoms with Crippen LogP contribution in [-0.4, -0.2) is 73.2 Å². The number of hydrogen-bond acceptors (Lipinski definition) is 9. The standard InChI is InChI=1S/C37H49ClF3N7O4S/c1-23(2)26(13-11-24-21-35(6,7)47(22-24)33(50)52-34(3,4)5)42-27-9-8-10-30(43-27)53-46-32(49)25-12-14-28(44-31(25)38)48-19-15-29(45-48)51-20-18-36(16-17-36)37(39,40)41/h8-10,12,14-15,19,23-24,26H,11,13,16-18,20-22H2,1-7H3,(H,42,43)(H,46,49)/t24-,26?/m0/s1. The zero-order chi connectivity index (χ0) is 38.8. The van der Waals surface area contributed by atoms with Crippen molar-refractivity contribution in [2.75, 3.05) is 18.5 Å². The summed E-state index contributed by atoms with van der Waals surface area (Å²) >= 11 is 7.44. The van der Waals surface area contributed by atoms with Crippen molar-refractivity contribution in [2.45, 2.75) is 115 Å². The molecule has 1 unspecified atom stereocenters. The van der Waals surface area contributed by atoms with Gasteiger partial charge < -0.3 is 19.7 Å². The summed E-state index contributed by atoms with van der Waals surface area (Å²) in [6.45, 7) is 14.7. The average Bonchev–Trinajstić information content (AvgIpc) is 3.60. The fraction of sp³-hybridized carbons (Fsp3) is 0.595. The van der Waals surface area contributed by atoms with Gasteiger partial charge in [0.05, 0.1) is 17.6 Å². The van der Waals surface area contributed by atoms with E-state index in [-0.39, 0.29) is 60.1 Å². The summed E-state index contributed by atoms with van der Waals surface area (Å²) < 4.78 is 54.8. The topological polar surface area (TPSA) is 124 Å². The number of carbonyl (C=O) groups excluding carboxylic acids is 2. The van der Waals surface area contributed by atoms with Crippen LogP contribution in [0.2, 0.25) is 5.15 Å². The van der Waals surface area contributed by atoms with Crippen LogP contribution in [0.1, 0.15) is 97.3 Å². The molecule has 2 amide bonds. The Labute approximate surface area is 318 Å². The van der Waals surface area contributed by atoms with Crippen molar-refractivity contribution >= 4 is 41.4 Å². The SMILES string of the molecule is CC(C)C(CC[C@@H]1CN(C(=O)OC(C)(C)C)C(C)(C)C1)Nc1cccc(SNC(=O)c2ccc(-n3ccc(OCCC4(C(F)(F)F)CC4)n3)nc2Cl)n1. The van der Waals surface area contributed by atoms with E-state index in [9.17, 15) is 22.8 Å². The van der Waals surface area contributed by atoms with E-state index in [0.29, 0.717) is 35.0 Å².